The van der Waals surface area contributed by atoms with Gasteiger partial charge in [0.15, 0.2) is 0 Å². The van der Waals surface area contributed by atoms with E-state index in [9.17, 15) is 4.79 Å². The Bertz CT molecular complexity index is 426. The Morgan fingerprint density at radius 2 is 2.25 bits per heavy atom. The van der Waals surface area contributed by atoms with Crippen LogP contribution in [0.15, 0.2) is 28.9 Å². The molecule has 0 aliphatic heterocycles. The summed E-state index contributed by atoms with van der Waals surface area (Å²) in [5.41, 5.74) is 2.58. The lowest BCUT2D eigenvalue weighted by Gasteiger charge is -1.90. The molecule has 0 bridgehead atoms. The number of rotatable bonds is 1. The van der Waals surface area contributed by atoms with Gasteiger partial charge in [-0.3, -0.25) is 4.79 Å². The Morgan fingerprint density at radius 3 is 3.00 bits per heavy atom. The first-order valence-electron chi connectivity index (χ1n) is 3.74. The molecule has 0 radical (unpaired) electrons. The van der Waals surface area contributed by atoms with Gasteiger partial charge in [-0.2, -0.15) is 0 Å². The summed E-state index contributed by atoms with van der Waals surface area (Å²) < 4.78 is 5.23. The largest absolute Gasteiger partial charge is 0.464 e. The number of carbonyl (C=O) groups is 1. The van der Waals surface area contributed by atoms with E-state index in [1.807, 2.05) is 19.1 Å². The van der Waals surface area contributed by atoms with Crippen LogP contribution in [0.5, 0.6) is 0 Å². The van der Waals surface area contributed by atoms with Gasteiger partial charge in [0, 0.05) is 10.9 Å². The summed E-state index contributed by atoms with van der Waals surface area (Å²) in [6.07, 6.45) is 2.53. The highest BCUT2D eigenvalue weighted by atomic mass is 16.3. The van der Waals surface area contributed by atoms with E-state index in [0.717, 1.165) is 22.8 Å². The predicted molar refractivity (Wildman–Crippen MR) is 46.3 cm³/mol. The zero-order chi connectivity index (χ0) is 8.55. The Kier molecular flexibility index (Phi) is 1.47. The predicted octanol–water partition coefficient (Wildman–Crippen LogP) is 2.55. The van der Waals surface area contributed by atoms with Crippen molar-refractivity contribution in [3.05, 3.63) is 35.6 Å². The molecule has 0 atom stereocenters. The monoisotopic (exact) mass is 160 g/mol. The molecule has 0 saturated heterocycles. The van der Waals surface area contributed by atoms with E-state index in [0.29, 0.717) is 5.56 Å². The van der Waals surface area contributed by atoms with E-state index < -0.39 is 0 Å². The third-order valence-electron chi connectivity index (χ3n) is 1.93. The molecule has 0 aliphatic rings. The van der Waals surface area contributed by atoms with Gasteiger partial charge < -0.3 is 4.42 Å². The van der Waals surface area contributed by atoms with Crippen molar-refractivity contribution in [2.24, 2.45) is 0 Å². The maximum absolute atomic E-state index is 10.5. The van der Waals surface area contributed by atoms with Crippen LogP contribution in [-0.4, -0.2) is 6.29 Å². The highest BCUT2D eigenvalue weighted by Crippen LogP contribution is 2.20. The van der Waals surface area contributed by atoms with E-state index in [1.165, 1.54) is 0 Å². The summed E-state index contributed by atoms with van der Waals surface area (Å²) in [4.78, 5) is 10.5. The molecule has 2 aromatic rings. The first kappa shape index (κ1) is 7.10. The normalized spacial score (nSPS) is 10.4. The molecule has 1 aromatic carbocycles. The third kappa shape index (κ3) is 0.925. The van der Waals surface area contributed by atoms with E-state index in [1.54, 1.807) is 12.3 Å². The fourth-order valence-electron chi connectivity index (χ4n) is 1.25. The zero-order valence-electron chi connectivity index (χ0n) is 6.70. The van der Waals surface area contributed by atoms with Crippen LogP contribution in [0.25, 0.3) is 11.0 Å². The lowest BCUT2D eigenvalue weighted by atomic mass is 10.1. The zero-order valence-corrected chi connectivity index (χ0v) is 6.70. The standard InChI is InChI=1S/C10H8O2/c1-7-6-12-10-3-2-8(5-11)4-9(7)10/h2-6H,1H3. The molecule has 2 nitrogen and oxygen atoms in total. The number of fused-ring (bicyclic) bond motifs is 1. The second kappa shape index (κ2) is 2.48. The van der Waals surface area contributed by atoms with Crippen LogP contribution in [0.1, 0.15) is 15.9 Å². The van der Waals surface area contributed by atoms with Gasteiger partial charge in [0.25, 0.3) is 0 Å². The Hall–Kier alpha value is -1.57. The second-order valence-corrected chi connectivity index (χ2v) is 2.79. The van der Waals surface area contributed by atoms with Crippen molar-refractivity contribution in [1.29, 1.82) is 0 Å². The molecular formula is C10H8O2. The molecule has 0 fully saturated rings. The fraction of sp³-hybridized carbons (Fsp3) is 0.100. The minimum absolute atomic E-state index is 0.687. The van der Waals surface area contributed by atoms with Gasteiger partial charge in [0.05, 0.1) is 6.26 Å². The van der Waals surface area contributed by atoms with Crippen LogP contribution in [-0.2, 0) is 0 Å². The molecule has 1 aromatic heterocycles. The van der Waals surface area contributed by atoms with Gasteiger partial charge in [0.2, 0.25) is 0 Å². The third-order valence-corrected chi connectivity index (χ3v) is 1.93. The number of aryl methyl sites for hydroxylation is 1. The summed E-state index contributed by atoms with van der Waals surface area (Å²) in [6.45, 7) is 1.96. The number of carbonyl (C=O) groups excluding carboxylic acids is 1. The van der Waals surface area contributed by atoms with Gasteiger partial charge in [-0.15, -0.1) is 0 Å². The fourth-order valence-corrected chi connectivity index (χ4v) is 1.25. The number of hydrogen-bond acceptors (Lipinski definition) is 2. The maximum atomic E-state index is 10.5. The second-order valence-electron chi connectivity index (χ2n) is 2.79. The van der Waals surface area contributed by atoms with Crippen molar-refractivity contribution in [2.45, 2.75) is 6.92 Å². The number of furan rings is 1. The molecule has 0 amide bonds. The van der Waals surface area contributed by atoms with Crippen LogP contribution in [0.4, 0.5) is 0 Å². The van der Waals surface area contributed by atoms with Crippen LogP contribution in [0.3, 0.4) is 0 Å². The summed E-state index contributed by atoms with van der Waals surface area (Å²) in [5, 5.41) is 1.01. The van der Waals surface area contributed by atoms with Gasteiger partial charge in [-0.25, -0.2) is 0 Å². The molecule has 2 rings (SSSR count). The van der Waals surface area contributed by atoms with Crippen LogP contribution < -0.4 is 0 Å². The van der Waals surface area contributed by atoms with Gasteiger partial charge in [-0.05, 0) is 30.7 Å². The lowest BCUT2D eigenvalue weighted by molar-refractivity contribution is 0.112. The highest BCUT2D eigenvalue weighted by molar-refractivity contribution is 5.87. The lowest BCUT2D eigenvalue weighted by Crippen LogP contribution is -1.77. The molecule has 2 heteroatoms. The van der Waals surface area contributed by atoms with Crippen molar-refractivity contribution >= 4 is 17.3 Å². The van der Waals surface area contributed by atoms with Gasteiger partial charge in [0.1, 0.15) is 11.9 Å². The molecule has 0 aliphatic carbocycles. The van der Waals surface area contributed by atoms with Gasteiger partial charge in [-0.1, -0.05) is 0 Å². The number of benzene rings is 1. The highest BCUT2D eigenvalue weighted by Gasteiger charge is 2.01. The average Bonchev–Trinajstić information content (AvgIpc) is 2.47. The van der Waals surface area contributed by atoms with E-state index in [4.69, 9.17) is 4.42 Å². The Morgan fingerprint density at radius 1 is 1.42 bits per heavy atom. The summed E-state index contributed by atoms with van der Waals surface area (Å²) in [7, 11) is 0. The molecule has 0 N–H and O–H groups in total. The minimum Gasteiger partial charge on any atom is -0.464 e. The van der Waals surface area contributed by atoms with Crippen LogP contribution >= 0.6 is 0 Å². The summed E-state index contributed by atoms with van der Waals surface area (Å²) in [6, 6.07) is 5.39. The SMILES string of the molecule is Cc1coc2ccc(C=O)cc12. The Balaban J connectivity index is 2.79. The number of aldehydes is 1. The van der Waals surface area contributed by atoms with Crippen molar-refractivity contribution < 1.29 is 9.21 Å². The van der Waals surface area contributed by atoms with Crippen LogP contribution in [0, 0.1) is 6.92 Å². The smallest absolute Gasteiger partial charge is 0.150 e. The van der Waals surface area contributed by atoms with Crippen molar-refractivity contribution in [2.75, 3.05) is 0 Å². The summed E-state index contributed by atoms with van der Waals surface area (Å²) in [5.74, 6) is 0. The topological polar surface area (TPSA) is 30.2 Å². The first-order valence-corrected chi connectivity index (χ1v) is 3.74. The molecule has 0 spiro atoms. The molecular weight excluding hydrogens is 152 g/mol. The summed E-state index contributed by atoms with van der Waals surface area (Å²) >= 11 is 0. The minimum atomic E-state index is 0.687. The van der Waals surface area contributed by atoms with Crippen molar-refractivity contribution in [3.8, 4) is 0 Å². The van der Waals surface area contributed by atoms with Gasteiger partial charge >= 0.3 is 0 Å². The van der Waals surface area contributed by atoms with E-state index in [2.05, 4.69) is 0 Å². The van der Waals surface area contributed by atoms with Crippen molar-refractivity contribution in [1.82, 2.24) is 0 Å². The van der Waals surface area contributed by atoms with E-state index >= 15 is 0 Å². The molecule has 12 heavy (non-hydrogen) atoms. The maximum Gasteiger partial charge on any atom is 0.150 e. The van der Waals surface area contributed by atoms with Crippen LogP contribution in [0.2, 0.25) is 0 Å². The molecule has 0 unspecified atom stereocenters. The average molecular weight is 160 g/mol. The molecule has 0 saturated carbocycles. The quantitative estimate of drug-likeness (QED) is 0.600. The Labute approximate surface area is 69.8 Å². The molecule has 1 heterocycles. The molecule has 60 valence electrons. The first-order chi connectivity index (χ1) is 5.81. The van der Waals surface area contributed by atoms with Crippen molar-refractivity contribution in [3.63, 3.8) is 0 Å². The number of hydrogen-bond donors (Lipinski definition) is 0. The van der Waals surface area contributed by atoms with E-state index in [-0.39, 0.29) is 0 Å².